The zero-order valence-electron chi connectivity index (χ0n) is 12.2. The third-order valence-electron chi connectivity index (χ3n) is 3.85. The van der Waals surface area contributed by atoms with Crippen molar-refractivity contribution in [2.45, 2.75) is 17.7 Å². The fourth-order valence-electron chi connectivity index (χ4n) is 2.67. The van der Waals surface area contributed by atoms with Crippen LogP contribution in [0.1, 0.15) is 23.1 Å². The van der Waals surface area contributed by atoms with Crippen molar-refractivity contribution in [3.05, 3.63) is 65.2 Å². The van der Waals surface area contributed by atoms with Crippen molar-refractivity contribution < 1.29 is 13.2 Å². The van der Waals surface area contributed by atoms with Gasteiger partial charge in [0.15, 0.2) is 15.6 Å². The Labute approximate surface area is 130 Å². The van der Waals surface area contributed by atoms with E-state index in [-0.39, 0.29) is 10.7 Å². The van der Waals surface area contributed by atoms with Crippen molar-refractivity contribution in [2.24, 2.45) is 0 Å². The van der Waals surface area contributed by atoms with Gasteiger partial charge >= 0.3 is 0 Å². The number of ketones is 1. The number of Topliss-reactive ketones (excluding diaryl/α,β-unsaturated/α-hetero) is 1. The van der Waals surface area contributed by atoms with Gasteiger partial charge in [-0.3, -0.25) is 4.79 Å². The quantitative estimate of drug-likeness (QED) is 0.801. The largest absolute Gasteiger partial charge is 0.294 e. The number of carbonyl (C=O) groups is 1. The maximum absolute atomic E-state index is 12.2. The van der Waals surface area contributed by atoms with Gasteiger partial charge in [-0.25, -0.2) is 8.42 Å². The number of rotatable bonds is 2. The summed E-state index contributed by atoms with van der Waals surface area (Å²) in [5.74, 6) is 0.130. The summed E-state index contributed by atoms with van der Waals surface area (Å²) in [6, 6.07) is 14.5. The van der Waals surface area contributed by atoms with Crippen molar-refractivity contribution in [3.8, 4) is 0 Å². The molecule has 0 atom stereocenters. The summed E-state index contributed by atoms with van der Waals surface area (Å²) in [4.78, 5) is 12.5. The summed E-state index contributed by atoms with van der Waals surface area (Å²) >= 11 is 0. The predicted octanol–water partition coefficient (Wildman–Crippen LogP) is 3.15. The normalized spacial score (nSPS) is 16.6. The number of hydrogen-bond acceptors (Lipinski definition) is 3. The summed E-state index contributed by atoms with van der Waals surface area (Å²) < 4.78 is 23.0. The average Bonchev–Trinajstić information content (AvgIpc) is 2.50. The molecule has 0 bridgehead atoms. The molecule has 0 saturated carbocycles. The molecular formula is C18H16O3S. The number of sulfone groups is 1. The maximum atomic E-state index is 12.2. The highest BCUT2D eigenvalue weighted by molar-refractivity contribution is 7.90. The van der Waals surface area contributed by atoms with E-state index in [9.17, 15) is 13.2 Å². The number of carbonyl (C=O) groups excluding carboxylic acids is 1. The summed E-state index contributed by atoms with van der Waals surface area (Å²) in [6.45, 7) is 0. The van der Waals surface area contributed by atoms with Crippen LogP contribution in [0.4, 0.5) is 0 Å². The molecule has 112 valence electrons. The molecule has 0 spiro atoms. The van der Waals surface area contributed by atoms with Gasteiger partial charge < -0.3 is 0 Å². The number of benzene rings is 2. The fraction of sp³-hybridized carbons (Fsp3) is 0.167. The van der Waals surface area contributed by atoms with Crippen molar-refractivity contribution in [1.82, 2.24) is 0 Å². The Bertz CT molecular complexity index is 859. The lowest BCUT2D eigenvalue weighted by molar-refractivity contribution is -0.113. The first kappa shape index (κ1) is 14.7. The molecular weight excluding hydrogens is 296 g/mol. The Balaban J connectivity index is 2.03. The number of allylic oxidation sites excluding steroid dienone is 1. The van der Waals surface area contributed by atoms with Gasteiger partial charge in [0.25, 0.3) is 0 Å². The van der Waals surface area contributed by atoms with Gasteiger partial charge in [-0.05, 0) is 41.3 Å². The maximum Gasteiger partial charge on any atom is 0.175 e. The second kappa shape index (κ2) is 5.54. The summed E-state index contributed by atoms with van der Waals surface area (Å²) in [6.07, 6.45) is 4.32. The van der Waals surface area contributed by atoms with Crippen molar-refractivity contribution >= 4 is 27.3 Å². The van der Waals surface area contributed by atoms with Crippen LogP contribution in [0, 0.1) is 0 Å². The van der Waals surface area contributed by atoms with Crippen LogP contribution in [-0.2, 0) is 21.1 Å². The standard InChI is InChI=1S/C18H16O3S/c1-22(20,21)15-9-6-13(7-10-15)12-17-16-5-3-2-4-14(16)8-11-18(17)19/h2-7,9-10,12H,8,11H2,1H3. The molecule has 0 fully saturated rings. The van der Waals surface area contributed by atoms with Crippen LogP contribution in [0.2, 0.25) is 0 Å². The van der Waals surface area contributed by atoms with Gasteiger partial charge in [0.05, 0.1) is 4.90 Å². The van der Waals surface area contributed by atoms with E-state index in [4.69, 9.17) is 0 Å². The zero-order chi connectivity index (χ0) is 15.7. The SMILES string of the molecule is CS(=O)(=O)c1ccc(C=C2C(=O)CCc3ccccc32)cc1. The Morgan fingerprint density at radius 1 is 0.955 bits per heavy atom. The molecule has 2 aromatic rings. The van der Waals surface area contributed by atoms with Gasteiger partial charge in [-0.1, -0.05) is 36.4 Å². The molecule has 0 radical (unpaired) electrons. The van der Waals surface area contributed by atoms with E-state index in [1.165, 1.54) is 11.8 Å². The Hall–Kier alpha value is -2.20. The monoisotopic (exact) mass is 312 g/mol. The Morgan fingerprint density at radius 2 is 1.64 bits per heavy atom. The van der Waals surface area contributed by atoms with Gasteiger partial charge in [0.2, 0.25) is 0 Å². The van der Waals surface area contributed by atoms with E-state index in [0.717, 1.165) is 17.5 Å². The lowest BCUT2D eigenvalue weighted by Gasteiger charge is -2.17. The minimum Gasteiger partial charge on any atom is -0.294 e. The molecule has 2 aromatic carbocycles. The highest BCUT2D eigenvalue weighted by Gasteiger charge is 2.20. The van der Waals surface area contributed by atoms with E-state index in [1.807, 2.05) is 30.3 Å². The van der Waals surface area contributed by atoms with Crippen LogP contribution >= 0.6 is 0 Å². The van der Waals surface area contributed by atoms with E-state index in [2.05, 4.69) is 0 Å². The molecule has 0 amide bonds. The second-order valence-electron chi connectivity index (χ2n) is 5.48. The van der Waals surface area contributed by atoms with Crippen LogP contribution in [-0.4, -0.2) is 20.5 Å². The third kappa shape index (κ3) is 2.88. The van der Waals surface area contributed by atoms with Crippen molar-refractivity contribution in [2.75, 3.05) is 6.26 Å². The van der Waals surface area contributed by atoms with Gasteiger partial charge in [-0.15, -0.1) is 0 Å². The molecule has 0 aromatic heterocycles. The molecule has 1 aliphatic rings. The summed E-state index contributed by atoms with van der Waals surface area (Å²) in [7, 11) is -3.20. The fourth-order valence-corrected chi connectivity index (χ4v) is 3.30. The highest BCUT2D eigenvalue weighted by atomic mass is 32.2. The minimum atomic E-state index is -3.20. The lowest BCUT2D eigenvalue weighted by atomic mass is 9.85. The first-order valence-electron chi connectivity index (χ1n) is 7.08. The van der Waals surface area contributed by atoms with Crippen molar-refractivity contribution in [1.29, 1.82) is 0 Å². The topological polar surface area (TPSA) is 51.2 Å². The zero-order valence-corrected chi connectivity index (χ0v) is 13.1. The summed E-state index contributed by atoms with van der Waals surface area (Å²) in [5, 5.41) is 0. The molecule has 0 heterocycles. The molecule has 3 nitrogen and oxygen atoms in total. The first-order valence-corrected chi connectivity index (χ1v) is 8.97. The van der Waals surface area contributed by atoms with Gasteiger partial charge in [-0.2, -0.15) is 0 Å². The Kier molecular flexibility index (Phi) is 3.71. The van der Waals surface area contributed by atoms with Crippen LogP contribution in [0.3, 0.4) is 0 Å². The minimum absolute atomic E-state index is 0.130. The van der Waals surface area contributed by atoms with E-state index >= 15 is 0 Å². The molecule has 0 unspecified atom stereocenters. The van der Waals surface area contributed by atoms with Crippen LogP contribution in [0.5, 0.6) is 0 Å². The molecule has 4 heteroatoms. The number of hydrogen-bond donors (Lipinski definition) is 0. The van der Waals surface area contributed by atoms with E-state index in [0.29, 0.717) is 12.0 Å². The van der Waals surface area contributed by atoms with Gasteiger partial charge in [0.1, 0.15) is 0 Å². The number of aryl methyl sites for hydroxylation is 1. The van der Waals surface area contributed by atoms with E-state index < -0.39 is 9.84 Å². The van der Waals surface area contributed by atoms with Crippen LogP contribution in [0.15, 0.2) is 53.4 Å². The molecule has 22 heavy (non-hydrogen) atoms. The first-order chi connectivity index (χ1) is 10.4. The highest BCUT2D eigenvalue weighted by Crippen LogP contribution is 2.29. The molecule has 0 saturated heterocycles. The van der Waals surface area contributed by atoms with Crippen LogP contribution in [0.25, 0.3) is 11.6 Å². The van der Waals surface area contributed by atoms with Gasteiger partial charge in [0, 0.05) is 18.2 Å². The average molecular weight is 312 g/mol. The van der Waals surface area contributed by atoms with Crippen molar-refractivity contribution in [3.63, 3.8) is 0 Å². The lowest BCUT2D eigenvalue weighted by Crippen LogP contribution is -2.12. The smallest absolute Gasteiger partial charge is 0.175 e. The van der Waals surface area contributed by atoms with E-state index in [1.54, 1.807) is 24.3 Å². The molecule has 3 rings (SSSR count). The Morgan fingerprint density at radius 3 is 2.32 bits per heavy atom. The summed E-state index contributed by atoms with van der Waals surface area (Å²) in [5.41, 5.74) is 3.69. The molecule has 0 aliphatic heterocycles. The third-order valence-corrected chi connectivity index (χ3v) is 4.98. The molecule has 0 N–H and O–H groups in total. The predicted molar refractivity (Wildman–Crippen MR) is 87.2 cm³/mol. The second-order valence-corrected chi connectivity index (χ2v) is 7.50. The van der Waals surface area contributed by atoms with Crippen LogP contribution < -0.4 is 0 Å². The molecule has 1 aliphatic carbocycles. The number of fused-ring (bicyclic) bond motifs is 1.